The highest BCUT2D eigenvalue weighted by atomic mass is 32.1. The van der Waals surface area contributed by atoms with Gasteiger partial charge >= 0.3 is 11.9 Å². The standard InChI is InChI=1S/C31H23N3O6S2/c1-16(2)11-26-27-28(40-10-9-39-27)29(42-26)25-4-3-24(41-25)17-5-7-32-20(12-17)22-14-19(31(37)38)15-23(34-22)21-13-18(30(35)36)6-8-33-21/h3-8,11-15H,9-10H2,1-2H3,(H,35,36)(H,37,38). The topological polar surface area (TPSA) is 132 Å². The minimum atomic E-state index is -1.15. The minimum Gasteiger partial charge on any atom is -0.485 e. The summed E-state index contributed by atoms with van der Waals surface area (Å²) in [6, 6.07) is 13.4. The Morgan fingerprint density at radius 1 is 0.762 bits per heavy atom. The van der Waals surface area contributed by atoms with Crippen LogP contribution in [-0.2, 0) is 0 Å². The summed E-state index contributed by atoms with van der Waals surface area (Å²) < 4.78 is 12.0. The Balaban J connectivity index is 1.38. The van der Waals surface area contributed by atoms with Crippen LogP contribution in [0, 0.1) is 0 Å². The Bertz CT molecular complexity index is 1890. The predicted molar refractivity (Wildman–Crippen MR) is 162 cm³/mol. The van der Waals surface area contributed by atoms with Crippen molar-refractivity contribution < 1.29 is 29.3 Å². The quantitative estimate of drug-likeness (QED) is 0.199. The van der Waals surface area contributed by atoms with Gasteiger partial charge in [-0.1, -0.05) is 5.57 Å². The molecule has 0 amide bonds. The molecule has 0 aliphatic carbocycles. The second kappa shape index (κ2) is 11.2. The summed E-state index contributed by atoms with van der Waals surface area (Å²) in [7, 11) is 0. The van der Waals surface area contributed by atoms with Crippen molar-refractivity contribution in [2.24, 2.45) is 0 Å². The van der Waals surface area contributed by atoms with Crippen LogP contribution in [0.25, 0.3) is 49.0 Å². The van der Waals surface area contributed by atoms with E-state index in [1.807, 2.05) is 32.0 Å². The van der Waals surface area contributed by atoms with Gasteiger partial charge in [0.15, 0.2) is 11.5 Å². The van der Waals surface area contributed by atoms with Crippen LogP contribution in [0.4, 0.5) is 0 Å². The number of aromatic nitrogens is 3. The average Bonchev–Trinajstić information content (AvgIpc) is 3.62. The van der Waals surface area contributed by atoms with E-state index in [0.29, 0.717) is 24.6 Å². The molecule has 6 heterocycles. The van der Waals surface area contributed by atoms with Gasteiger partial charge in [0.2, 0.25) is 0 Å². The van der Waals surface area contributed by atoms with E-state index in [1.165, 1.54) is 36.0 Å². The molecule has 6 rings (SSSR count). The zero-order chi connectivity index (χ0) is 29.4. The fraction of sp³-hybridized carbons (Fsp3) is 0.129. The summed E-state index contributed by atoms with van der Waals surface area (Å²) in [5, 5.41) is 19.1. The highest BCUT2D eigenvalue weighted by Crippen LogP contribution is 2.52. The van der Waals surface area contributed by atoms with Crippen molar-refractivity contribution >= 4 is 40.7 Å². The molecule has 42 heavy (non-hydrogen) atoms. The first-order chi connectivity index (χ1) is 20.3. The van der Waals surface area contributed by atoms with Crippen LogP contribution in [0.5, 0.6) is 11.5 Å². The lowest BCUT2D eigenvalue weighted by Gasteiger charge is -2.16. The van der Waals surface area contributed by atoms with Crippen molar-refractivity contribution in [3.63, 3.8) is 0 Å². The first kappa shape index (κ1) is 27.3. The lowest BCUT2D eigenvalue weighted by molar-refractivity contribution is 0.0686. The zero-order valence-electron chi connectivity index (χ0n) is 22.5. The molecule has 0 saturated heterocycles. The largest absolute Gasteiger partial charge is 0.485 e. The zero-order valence-corrected chi connectivity index (χ0v) is 24.1. The SMILES string of the molecule is CC(C)=Cc1sc(-c2ccc(-c3ccnc(-c4cc(C(=O)O)cc(-c5cc(C(=O)O)ccn5)n4)c3)s2)c2c1OCCO2. The molecule has 0 unspecified atom stereocenters. The molecule has 5 aromatic heterocycles. The molecule has 2 N–H and O–H groups in total. The van der Waals surface area contributed by atoms with E-state index in [4.69, 9.17) is 9.47 Å². The highest BCUT2D eigenvalue weighted by Gasteiger charge is 2.25. The van der Waals surface area contributed by atoms with Crippen LogP contribution >= 0.6 is 22.7 Å². The summed E-state index contributed by atoms with van der Waals surface area (Å²) in [5.74, 6) is -0.711. The first-order valence-corrected chi connectivity index (χ1v) is 14.5. The van der Waals surface area contributed by atoms with Crippen LogP contribution in [0.3, 0.4) is 0 Å². The molecule has 11 heteroatoms. The van der Waals surface area contributed by atoms with Gasteiger partial charge in [0.25, 0.3) is 0 Å². The van der Waals surface area contributed by atoms with E-state index in [9.17, 15) is 19.8 Å². The van der Waals surface area contributed by atoms with Crippen molar-refractivity contribution in [2.75, 3.05) is 13.2 Å². The van der Waals surface area contributed by atoms with E-state index in [-0.39, 0.29) is 22.5 Å². The number of carboxylic acid groups (broad SMARTS) is 2. The van der Waals surface area contributed by atoms with Gasteiger partial charge in [0, 0.05) is 22.1 Å². The summed E-state index contributed by atoms with van der Waals surface area (Å²) in [6.07, 6.45) is 5.11. The number of ether oxygens (including phenoxy) is 2. The molecule has 9 nitrogen and oxygen atoms in total. The fourth-order valence-electron chi connectivity index (χ4n) is 4.45. The third-order valence-corrected chi connectivity index (χ3v) is 8.74. The van der Waals surface area contributed by atoms with Gasteiger partial charge in [-0.05, 0) is 74.0 Å². The molecule has 0 atom stereocenters. The van der Waals surface area contributed by atoms with Crippen LogP contribution in [0.2, 0.25) is 0 Å². The normalized spacial score (nSPS) is 12.1. The van der Waals surface area contributed by atoms with Gasteiger partial charge in [0.1, 0.15) is 13.2 Å². The van der Waals surface area contributed by atoms with E-state index >= 15 is 0 Å². The third kappa shape index (κ3) is 5.39. The summed E-state index contributed by atoms with van der Waals surface area (Å²) >= 11 is 3.24. The van der Waals surface area contributed by atoms with Crippen molar-refractivity contribution in [3.8, 4) is 54.5 Å². The molecule has 0 radical (unpaired) electrons. The lowest BCUT2D eigenvalue weighted by Crippen LogP contribution is -2.14. The molecule has 5 aromatic rings. The number of hydrogen-bond acceptors (Lipinski definition) is 9. The van der Waals surface area contributed by atoms with E-state index < -0.39 is 11.9 Å². The number of rotatable bonds is 7. The fourth-order valence-corrected chi connectivity index (χ4v) is 6.81. The van der Waals surface area contributed by atoms with Gasteiger partial charge < -0.3 is 19.7 Å². The number of fused-ring (bicyclic) bond motifs is 1. The Kier molecular flexibility index (Phi) is 7.27. The number of aromatic carboxylic acids is 2. The molecule has 0 spiro atoms. The molecule has 0 bridgehead atoms. The van der Waals surface area contributed by atoms with Gasteiger partial charge in [-0.25, -0.2) is 14.6 Å². The summed E-state index contributed by atoms with van der Waals surface area (Å²) in [4.78, 5) is 40.8. The molecule has 210 valence electrons. The highest BCUT2D eigenvalue weighted by molar-refractivity contribution is 7.24. The average molecular weight is 598 g/mol. The van der Waals surface area contributed by atoms with Crippen LogP contribution in [0.15, 0.2) is 66.5 Å². The van der Waals surface area contributed by atoms with Gasteiger partial charge in [-0.15, -0.1) is 22.7 Å². The van der Waals surface area contributed by atoms with Gasteiger partial charge in [0.05, 0.1) is 43.7 Å². The second-order valence-corrected chi connectivity index (χ2v) is 11.8. The number of thiophene rings is 2. The maximum atomic E-state index is 11.9. The van der Waals surface area contributed by atoms with Crippen molar-refractivity contribution in [1.82, 2.24) is 15.0 Å². The number of carboxylic acids is 2. The number of pyridine rings is 3. The molecule has 0 saturated carbocycles. The first-order valence-electron chi connectivity index (χ1n) is 12.9. The second-order valence-electron chi connectivity index (χ2n) is 9.63. The smallest absolute Gasteiger partial charge is 0.335 e. The molecular weight excluding hydrogens is 574 g/mol. The van der Waals surface area contributed by atoms with E-state index in [2.05, 4.69) is 27.1 Å². The van der Waals surface area contributed by atoms with Crippen LogP contribution in [-0.4, -0.2) is 50.3 Å². The van der Waals surface area contributed by atoms with Crippen LogP contribution < -0.4 is 9.47 Å². The number of nitrogens with zero attached hydrogens (tertiary/aromatic N) is 3. The number of allylic oxidation sites excluding steroid dienone is 1. The summed E-state index contributed by atoms with van der Waals surface area (Å²) in [6.45, 7) is 5.11. The molecule has 0 aromatic carbocycles. The van der Waals surface area contributed by atoms with E-state index in [0.717, 1.165) is 36.6 Å². The van der Waals surface area contributed by atoms with Gasteiger partial charge in [-0.3, -0.25) is 9.97 Å². The minimum absolute atomic E-state index is 0.0139. The van der Waals surface area contributed by atoms with Crippen LogP contribution in [0.1, 0.15) is 39.4 Å². The van der Waals surface area contributed by atoms with Gasteiger partial charge in [-0.2, -0.15) is 0 Å². The predicted octanol–water partition coefficient (Wildman–Crippen LogP) is 7.25. The van der Waals surface area contributed by atoms with Crippen molar-refractivity contribution in [1.29, 1.82) is 0 Å². The number of carbonyl (C=O) groups is 2. The number of hydrogen-bond donors (Lipinski definition) is 2. The summed E-state index contributed by atoms with van der Waals surface area (Å²) in [5.41, 5.74) is 3.34. The monoisotopic (exact) mass is 597 g/mol. The third-order valence-electron chi connectivity index (χ3n) is 6.32. The molecule has 0 fully saturated rings. The van der Waals surface area contributed by atoms with E-state index in [1.54, 1.807) is 28.9 Å². The Morgan fingerprint density at radius 2 is 1.38 bits per heavy atom. The Morgan fingerprint density at radius 3 is 2.07 bits per heavy atom. The Hall–Kier alpha value is -4.87. The molecule has 1 aliphatic rings. The molecular formula is C31H23N3O6S2. The maximum absolute atomic E-state index is 11.9. The molecule has 1 aliphatic heterocycles. The Labute approximate surface area is 248 Å². The van der Waals surface area contributed by atoms with Crippen molar-refractivity contribution in [3.05, 3.63) is 82.5 Å². The maximum Gasteiger partial charge on any atom is 0.335 e. The van der Waals surface area contributed by atoms with Crippen molar-refractivity contribution in [2.45, 2.75) is 13.8 Å². The lowest BCUT2D eigenvalue weighted by atomic mass is 10.1.